The fraction of sp³-hybridized carbons (Fsp3) is 0.174. The van der Waals surface area contributed by atoms with Gasteiger partial charge in [-0.05, 0) is 36.8 Å². The Bertz CT molecular complexity index is 1270. The molecule has 0 unspecified atom stereocenters. The van der Waals surface area contributed by atoms with E-state index in [0.717, 1.165) is 16.9 Å². The van der Waals surface area contributed by atoms with E-state index in [1.54, 1.807) is 19.2 Å². The Labute approximate surface area is 187 Å². The fourth-order valence-corrected chi connectivity index (χ4v) is 4.86. The van der Waals surface area contributed by atoms with Crippen molar-refractivity contribution in [3.63, 3.8) is 0 Å². The molecule has 4 aromatic rings. The van der Waals surface area contributed by atoms with Gasteiger partial charge in [0, 0.05) is 23.7 Å². The summed E-state index contributed by atoms with van der Waals surface area (Å²) in [5.74, 6) is 0.730. The van der Waals surface area contributed by atoms with E-state index in [9.17, 15) is 9.59 Å². The second-order valence-corrected chi connectivity index (χ2v) is 8.57. The molecular formula is C23H21N3O3S2. The number of carbonyl (C=O) groups excluding carboxylic acids is 1. The summed E-state index contributed by atoms with van der Waals surface area (Å²) in [6.07, 6.45) is 0. The number of nitrogens with one attached hydrogen (secondary N) is 1. The molecule has 1 amide bonds. The number of carbonyl (C=O) groups is 1. The Balaban J connectivity index is 1.52. The molecule has 0 aliphatic carbocycles. The van der Waals surface area contributed by atoms with Gasteiger partial charge in [-0.15, -0.1) is 11.3 Å². The van der Waals surface area contributed by atoms with Crippen molar-refractivity contribution in [1.82, 2.24) is 9.55 Å². The van der Waals surface area contributed by atoms with Gasteiger partial charge < -0.3 is 10.1 Å². The minimum absolute atomic E-state index is 0.105. The van der Waals surface area contributed by atoms with Gasteiger partial charge >= 0.3 is 0 Å². The van der Waals surface area contributed by atoms with E-state index in [0.29, 0.717) is 27.7 Å². The number of rotatable bonds is 7. The summed E-state index contributed by atoms with van der Waals surface area (Å²) in [5, 5.41) is 5.33. The molecule has 1 N–H and O–H groups in total. The van der Waals surface area contributed by atoms with Gasteiger partial charge in [0.2, 0.25) is 5.91 Å². The smallest absolute Gasteiger partial charge is 0.271 e. The first-order valence-corrected chi connectivity index (χ1v) is 11.6. The monoisotopic (exact) mass is 451 g/mol. The molecule has 0 aliphatic rings. The predicted molar refractivity (Wildman–Crippen MR) is 127 cm³/mol. The second-order valence-electron chi connectivity index (χ2n) is 6.75. The van der Waals surface area contributed by atoms with Crippen LogP contribution in [0.1, 0.15) is 6.92 Å². The van der Waals surface area contributed by atoms with Gasteiger partial charge in [-0.1, -0.05) is 42.1 Å². The van der Waals surface area contributed by atoms with E-state index >= 15 is 0 Å². The van der Waals surface area contributed by atoms with Crippen molar-refractivity contribution in [3.05, 3.63) is 70.3 Å². The molecule has 0 bridgehead atoms. The van der Waals surface area contributed by atoms with E-state index in [4.69, 9.17) is 9.72 Å². The highest BCUT2D eigenvalue weighted by atomic mass is 32.2. The Morgan fingerprint density at radius 2 is 1.90 bits per heavy atom. The van der Waals surface area contributed by atoms with Gasteiger partial charge in [0.05, 0.1) is 17.9 Å². The van der Waals surface area contributed by atoms with Crippen LogP contribution in [0, 0.1) is 0 Å². The average Bonchev–Trinajstić information content (AvgIpc) is 3.21. The first-order valence-electron chi connectivity index (χ1n) is 9.76. The summed E-state index contributed by atoms with van der Waals surface area (Å²) in [6.45, 7) is 2.51. The van der Waals surface area contributed by atoms with Crippen LogP contribution in [-0.4, -0.2) is 27.8 Å². The molecule has 0 saturated heterocycles. The molecule has 31 heavy (non-hydrogen) atoms. The average molecular weight is 452 g/mol. The van der Waals surface area contributed by atoms with Crippen LogP contribution in [-0.2, 0) is 11.8 Å². The van der Waals surface area contributed by atoms with Gasteiger partial charge in [-0.3, -0.25) is 14.2 Å². The summed E-state index contributed by atoms with van der Waals surface area (Å²) in [5.41, 5.74) is 3.20. The van der Waals surface area contributed by atoms with Crippen molar-refractivity contribution in [3.8, 4) is 16.9 Å². The fourth-order valence-electron chi connectivity index (χ4n) is 3.10. The molecule has 8 heteroatoms. The maximum absolute atomic E-state index is 12.8. The first-order chi connectivity index (χ1) is 15.1. The highest BCUT2D eigenvalue weighted by molar-refractivity contribution is 7.99. The van der Waals surface area contributed by atoms with Gasteiger partial charge in [0.1, 0.15) is 10.4 Å². The minimum Gasteiger partial charge on any atom is -0.494 e. The number of aromatic nitrogens is 2. The number of amides is 1. The van der Waals surface area contributed by atoms with Crippen LogP contribution in [0.4, 0.5) is 5.69 Å². The highest BCUT2D eigenvalue weighted by Crippen LogP contribution is 2.32. The van der Waals surface area contributed by atoms with Crippen LogP contribution in [0.15, 0.2) is 69.9 Å². The number of thioether (sulfide) groups is 1. The van der Waals surface area contributed by atoms with Gasteiger partial charge in [0.15, 0.2) is 5.16 Å². The van der Waals surface area contributed by atoms with Crippen LogP contribution in [0.25, 0.3) is 21.3 Å². The molecule has 0 aliphatic heterocycles. The van der Waals surface area contributed by atoms with Crippen LogP contribution in [0.2, 0.25) is 0 Å². The lowest BCUT2D eigenvalue weighted by Crippen LogP contribution is -2.20. The molecule has 2 heterocycles. The Morgan fingerprint density at radius 3 is 2.61 bits per heavy atom. The van der Waals surface area contributed by atoms with E-state index in [2.05, 4.69) is 5.32 Å². The molecular weight excluding hydrogens is 430 g/mol. The molecule has 6 nitrogen and oxygen atoms in total. The predicted octanol–water partition coefficient (Wildman–Crippen LogP) is 4.79. The quantitative estimate of drug-likeness (QED) is 0.323. The molecule has 158 valence electrons. The van der Waals surface area contributed by atoms with Crippen LogP contribution >= 0.6 is 23.1 Å². The number of thiophene rings is 1. The molecule has 2 aromatic heterocycles. The van der Waals surface area contributed by atoms with Crippen LogP contribution in [0.3, 0.4) is 0 Å². The third kappa shape index (κ3) is 4.65. The molecule has 2 aromatic carbocycles. The minimum atomic E-state index is -0.169. The number of anilines is 1. The van der Waals surface area contributed by atoms with Crippen LogP contribution < -0.4 is 15.6 Å². The lowest BCUT2D eigenvalue weighted by molar-refractivity contribution is -0.113. The number of fused-ring (bicyclic) bond motifs is 1. The van der Waals surface area contributed by atoms with Gasteiger partial charge in [0.25, 0.3) is 5.56 Å². The molecule has 0 spiro atoms. The lowest BCUT2D eigenvalue weighted by Gasteiger charge is -2.09. The highest BCUT2D eigenvalue weighted by Gasteiger charge is 2.16. The number of ether oxygens (including phenoxy) is 1. The van der Waals surface area contributed by atoms with Gasteiger partial charge in [-0.25, -0.2) is 4.98 Å². The van der Waals surface area contributed by atoms with Crippen molar-refractivity contribution in [2.45, 2.75) is 12.1 Å². The third-order valence-corrected chi connectivity index (χ3v) is 6.61. The van der Waals surface area contributed by atoms with Crippen molar-refractivity contribution in [2.75, 3.05) is 17.7 Å². The van der Waals surface area contributed by atoms with E-state index in [1.165, 1.54) is 27.7 Å². The lowest BCUT2D eigenvalue weighted by atomic mass is 10.1. The number of hydrogen-bond donors (Lipinski definition) is 1. The molecule has 0 atom stereocenters. The topological polar surface area (TPSA) is 73.2 Å². The number of hydrogen-bond acceptors (Lipinski definition) is 6. The Kier molecular flexibility index (Phi) is 6.39. The molecule has 0 radical (unpaired) electrons. The van der Waals surface area contributed by atoms with Gasteiger partial charge in [-0.2, -0.15) is 0 Å². The summed E-state index contributed by atoms with van der Waals surface area (Å²) in [7, 11) is 1.68. The zero-order chi connectivity index (χ0) is 21.8. The number of benzene rings is 2. The second kappa shape index (κ2) is 9.36. The first kappa shape index (κ1) is 21.1. The number of nitrogens with zero attached hydrogens (tertiary/aromatic N) is 2. The van der Waals surface area contributed by atoms with E-state index < -0.39 is 0 Å². The Morgan fingerprint density at radius 1 is 1.16 bits per heavy atom. The van der Waals surface area contributed by atoms with Crippen LogP contribution in [0.5, 0.6) is 5.75 Å². The summed E-state index contributed by atoms with van der Waals surface area (Å²) in [6, 6.07) is 17.1. The molecule has 0 fully saturated rings. The molecule has 4 rings (SSSR count). The van der Waals surface area contributed by atoms with Crippen molar-refractivity contribution >= 4 is 44.9 Å². The largest absolute Gasteiger partial charge is 0.494 e. The van der Waals surface area contributed by atoms with Crippen molar-refractivity contribution < 1.29 is 9.53 Å². The Hall–Kier alpha value is -3.10. The van der Waals surface area contributed by atoms with E-state index in [1.807, 2.05) is 54.8 Å². The normalized spacial score (nSPS) is 10.9. The summed E-state index contributed by atoms with van der Waals surface area (Å²) < 4.78 is 7.53. The maximum atomic E-state index is 12.8. The maximum Gasteiger partial charge on any atom is 0.271 e. The standard InChI is InChI=1S/C23H21N3O3S2/c1-3-29-17-11-9-16(10-12-17)24-19(27)14-31-23-25-20-18(15-7-5-4-6-8-15)13-30-21(20)22(28)26(23)2/h4-13H,3,14H2,1-2H3,(H,24,27). The third-order valence-electron chi connectivity index (χ3n) is 4.62. The van der Waals surface area contributed by atoms with Crippen molar-refractivity contribution in [2.24, 2.45) is 7.05 Å². The van der Waals surface area contributed by atoms with Crippen molar-refractivity contribution in [1.29, 1.82) is 0 Å². The van der Waals surface area contributed by atoms with E-state index in [-0.39, 0.29) is 17.2 Å². The SMILES string of the molecule is CCOc1ccc(NC(=O)CSc2nc3c(-c4ccccc4)csc3c(=O)n2C)cc1. The summed E-state index contributed by atoms with van der Waals surface area (Å²) in [4.78, 5) is 30.0. The summed E-state index contributed by atoms with van der Waals surface area (Å²) >= 11 is 2.64. The zero-order valence-electron chi connectivity index (χ0n) is 17.1. The zero-order valence-corrected chi connectivity index (χ0v) is 18.8. The molecule has 0 saturated carbocycles.